The second-order valence-corrected chi connectivity index (χ2v) is 8.75. The molecule has 2 aromatic rings. The van der Waals surface area contributed by atoms with E-state index in [-0.39, 0.29) is 24.4 Å². The first-order valence-electron chi connectivity index (χ1n) is 10.6. The summed E-state index contributed by atoms with van der Waals surface area (Å²) < 4.78 is 11.0. The van der Waals surface area contributed by atoms with E-state index in [1.54, 1.807) is 18.2 Å². The summed E-state index contributed by atoms with van der Waals surface area (Å²) in [6, 6.07) is 12.7. The maximum atomic E-state index is 12.7. The molecule has 0 aliphatic heterocycles. The molecule has 0 saturated heterocycles. The molecule has 0 saturated carbocycles. The van der Waals surface area contributed by atoms with Crippen molar-refractivity contribution < 1.29 is 24.2 Å². The van der Waals surface area contributed by atoms with Crippen LogP contribution in [-0.4, -0.2) is 35.9 Å². The van der Waals surface area contributed by atoms with Crippen LogP contribution >= 0.6 is 0 Å². The van der Waals surface area contributed by atoms with Crippen molar-refractivity contribution in [2.24, 2.45) is 5.10 Å². The van der Waals surface area contributed by atoms with Gasteiger partial charge in [0.25, 0.3) is 5.91 Å². The first-order chi connectivity index (χ1) is 15.0. The van der Waals surface area contributed by atoms with Gasteiger partial charge in [0.2, 0.25) is 0 Å². The quantitative estimate of drug-likeness (QED) is 0.432. The molecule has 0 aliphatic rings. The monoisotopic (exact) mass is 440 g/mol. The second kappa shape index (κ2) is 10.8. The number of amides is 1. The van der Waals surface area contributed by atoms with Gasteiger partial charge in [0.1, 0.15) is 0 Å². The molecule has 0 aliphatic carbocycles. The number of ether oxygens (including phenoxy) is 2. The van der Waals surface area contributed by atoms with Crippen molar-refractivity contribution in [3.63, 3.8) is 0 Å². The van der Waals surface area contributed by atoms with Crippen LogP contribution in [0.1, 0.15) is 68.9 Å². The number of carbonyl (C=O) groups is 2. The smallest absolute Gasteiger partial charge is 0.303 e. The molecule has 7 heteroatoms. The average molecular weight is 441 g/mol. The van der Waals surface area contributed by atoms with Crippen LogP contribution in [0.4, 0.5) is 0 Å². The third kappa shape index (κ3) is 7.11. The Morgan fingerprint density at radius 1 is 1.00 bits per heavy atom. The minimum Gasteiger partial charge on any atom is -0.493 e. The second-order valence-electron chi connectivity index (χ2n) is 8.75. The van der Waals surface area contributed by atoms with Crippen LogP contribution < -0.4 is 14.9 Å². The van der Waals surface area contributed by atoms with Crippen molar-refractivity contribution in [1.82, 2.24) is 5.43 Å². The van der Waals surface area contributed by atoms with Crippen LogP contribution in [0.2, 0.25) is 0 Å². The maximum absolute atomic E-state index is 12.7. The Morgan fingerprint density at radius 3 is 2.16 bits per heavy atom. The van der Waals surface area contributed by atoms with Crippen molar-refractivity contribution in [2.75, 3.05) is 7.11 Å². The van der Waals surface area contributed by atoms with Gasteiger partial charge in [-0.05, 0) is 48.6 Å². The van der Waals surface area contributed by atoms with Gasteiger partial charge in [-0.2, -0.15) is 5.10 Å². The molecule has 0 radical (unpaired) electrons. The summed E-state index contributed by atoms with van der Waals surface area (Å²) in [6.45, 7) is 10.2. The molecule has 0 spiro atoms. The third-order valence-electron chi connectivity index (χ3n) is 4.74. The molecular formula is C25H32N2O5. The number of carboxylic acid groups (broad SMARTS) is 1. The molecule has 32 heavy (non-hydrogen) atoms. The summed E-state index contributed by atoms with van der Waals surface area (Å²) in [4.78, 5) is 23.8. The third-order valence-corrected chi connectivity index (χ3v) is 4.74. The van der Waals surface area contributed by atoms with Crippen LogP contribution in [0.25, 0.3) is 0 Å². The molecule has 0 atom stereocenters. The van der Waals surface area contributed by atoms with E-state index >= 15 is 0 Å². The first-order valence-corrected chi connectivity index (χ1v) is 10.6. The van der Waals surface area contributed by atoms with E-state index < -0.39 is 11.9 Å². The standard InChI is InChI=1S/C25H32N2O5/c1-16(2)32-21-13-9-18(15-22(21)31-6)24(30)27-26-20(12-14-23(28)29)17-7-10-19(11-8-17)25(3,4)5/h7-11,13,15-16H,12,14H2,1-6H3,(H,27,30)(H,28,29)/b26-20+. The number of methoxy groups -OCH3 is 1. The number of rotatable bonds is 9. The summed E-state index contributed by atoms with van der Waals surface area (Å²) in [5.74, 6) is -0.373. The lowest BCUT2D eigenvalue weighted by atomic mass is 9.86. The van der Waals surface area contributed by atoms with Crippen LogP contribution in [0.5, 0.6) is 11.5 Å². The van der Waals surface area contributed by atoms with E-state index in [1.807, 2.05) is 38.1 Å². The van der Waals surface area contributed by atoms with E-state index in [2.05, 4.69) is 31.3 Å². The number of carboxylic acids is 1. The summed E-state index contributed by atoms with van der Waals surface area (Å²) in [5, 5.41) is 13.3. The number of benzene rings is 2. The fraction of sp³-hybridized carbons (Fsp3) is 0.400. The molecule has 0 heterocycles. The highest BCUT2D eigenvalue weighted by molar-refractivity contribution is 6.03. The highest BCUT2D eigenvalue weighted by Crippen LogP contribution is 2.29. The highest BCUT2D eigenvalue weighted by Gasteiger charge is 2.16. The minimum absolute atomic E-state index is 0.00435. The summed E-state index contributed by atoms with van der Waals surface area (Å²) >= 11 is 0. The molecule has 0 unspecified atom stereocenters. The lowest BCUT2D eigenvalue weighted by molar-refractivity contribution is -0.136. The minimum atomic E-state index is -0.930. The Hall–Kier alpha value is -3.35. The zero-order valence-corrected chi connectivity index (χ0v) is 19.6. The maximum Gasteiger partial charge on any atom is 0.303 e. The predicted octanol–water partition coefficient (Wildman–Crippen LogP) is 4.78. The van der Waals surface area contributed by atoms with Crippen molar-refractivity contribution >= 4 is 17.6 Å². The van der Waals surface area contributed by atoms with E-state index in [9.17, 15) is 9.59 Å². The number of hydrogen-bond donors (Lipinski definition) is 2. The van der Waals surface area contributed by atoms with E-state index in [1.165, 1.54) is 7.11 Å². The molecule has 172 valence electrons. The van der Waals surface area contributed by atoms with Gasteiger partial charge in [-0.15, -0.1) is 0 Å². The summed E-state index contributed by atoms with van der Waals surface area (Å²) in [7, 11) is 1.51. The number of nitrogens with zero attached hydrogens (tertiary/aromatic N) is 1. The Balaban J connectivity index is 2.26. The molecule has 0 bridgehead atoms. The van der Waals surface area contributed by atoms with Crippen molar-refractivity contribution in [3.05, 3.63) is 59.2 Å². The van der Waals surface area contributed by atoms with Crippen molar-refractivity contribution in [3.8, 4) is 11.5 Å². The predicted molar refractivity (Wildman–Crippen MR) is 125 cm³/mol. The van der Waals surface area contributed by atoms with Gasteiger partial charge in [-0.1, -0.05) is 45.0 Å². The number of nitrogens with one attached hydrogen (secondary N) is 1. The Kier molecular flexibility index (Phi) is 8.41. The van der Waals surface area contributed by atoms with Gasteiger partial charge < -0.3 is 14.6 Å². The lowest BCUT2D eigenvalue weighted by Crippen LogP contribution is -2.21. The number of hydrogen-bond acceptors (Lipinski definition) is 5. The molecule has 2 N–H and O–H groups in total. The molecule has 1 amide bonds. The molecule has 7 nitrogen and oxygen atoms in total. The Morgan fingerprint density at radius 2 is 1.62 bits per heavy atom. The number of aliphatic carboxylic acids is 1. The van der Waals surface area contributed by atoms with Crippen LogP contribution in [0.15, 0.2) is 47.6 Å². The van der Waals surface area contributed by atoms with Crippen LogP contribution in [-0.2, 0) is 10.2 Å². The molecule has 2 aromatic carbocycles. The fourth-order valence-electron chi connectivity index (χ4n) is 3.00. The number of hydrazone groups is 1. The van der Waals surface area contributed by atoms with Gasteiger partial charge in [0, 0.05) is 12.0 Å². The summed E-state index contributed by atoms with van der Waals surface area (Å²) in [6.07, 6.45) is 0.0642. The van der Waals surface area contributed by atoms with Gasteiger partial charge >= 0.3 is 5.97 Å². The zero-order chi connectivity index (χ0) is 23.9. The van der Waals surface area contributed by atoms with Crippen molar-refractivity contribution in [2.45, 2.75) is 59.0 Å². The van der Waals surface area contributed by atoms with E-state index in [0.29, 0.717) is 22.8 Å². The topological polar surface area (TPSA) is 97.2 Å². The molecular weight excluding hydrogens is 408 g/mol. The first kappa shape index (κ1) is 24.9. The van der Waals surface area contributed by atoms with Crippen LogP contribution in [0.3, 0.4) is 0 Å². The lowest BCUT2D eigenvalue weighted by Gasteiger charge is -2.19. The number of carbonyl (C=O) groups excluding carboxylic acids is 1. The van der Waals surface area contributed by atoms with Gasteiger partial charge in [0.05, 0.1) is 25.3 Å². The van der Waals surface area contributed by atoms with E-state index in [4.69, 9.17) is 14.6 Å². The summed E-state index contributed by atoms with van der Waals surface area (Å²) in [5.41, 5.74) is 5.29. The van der Waals surface area contributed by atoms with Gasteiger partial charge in [-0.25, -0.2) is 5.43 Å². The van der Waals surface area contributed by atoms with Gasteiger partial charge in [-0.3, -0.25) is 9.59 Å². The fourth-order valence-corrected chi connectivity index (χ4v) is 3.00. The SMILES string of the molecule is COc1cc(C(=O)N/N=C(\CCC(=O)O)c2ccc(C(C)(C)C)cc2)ccc1OC(C)C. The largest absolute Gasteiger partial charge is 0.493 e. The Bertz CT molecular complexity index is 973. The molecule has 2 rings (SSSR count). The average Bonchev–Trinajstić information content (AvgIpc) is 2.72. The normalized spacial score (nSPS) is 11.9. The highest BCUT2D eigenvalue weighted by atomic mass is 16.5. The van der Waals surface area contributed by atoms with E-state index in [0.717, 1.165) is 11.1 Å². The molecule has 0 aromatic heterocycles. The zero-order valence-electron chi connectivity index (χ0n) is 19.6. The molecule has 0 fully saturated rings. The van der Waals surface area contributed by atoms with Crippen LogP contribution in [0, 0.1) is 0 Å². The van der Waals surface area contributed by atoms with Gasteiger partial charge in [0.15, 0.2) is 11.5 Å². The van der Waals surface area contributed by atoms with Crippen molar-refractivity contribution in [1.29, 1.82) is 0 Å². The Labute approximate surface area is 189 Å².